The number of carbonyl (C=O) groups excluding carboxylic acids is 1. The van der Waals surface area contributed by atoms with Gasteiger partial charge in [0.1, 0.15) is 5.54 Å². The van der Waals surface area contributed by atoms with Crippen LogP contribution in [0.5, 0.6) is 0 Å². The van der Waals surface area contributed by atoms with E-state index in [-0.39, 0.29) is 12.0 Å². The summed E-state index contributed by atoms with van der Waals surface area (Å²) in [7, 11) is 0. The molecule has 0 aliphatic heterocycles. The smallest absolute Gasteiger partial charge is 0.329 e. The first-order valence-corrected chi connectivity index (χ1v) is 7.29. The molecule has 1 aliphatic rings. The van der Waals surface area contributed by atoms with Crippen LogP contribution in [0.3, 0.4) is 0 Å². The molecule has 0 heterocycles. The van der Waals surface area contributed by atoms with E-state index in [1.165, 1.54) is 0 Å². The van der Waals surface area contributed by atoms with Gasteiger partial charge in [0.15, 0.2) is 0 Å². The lowest BCUT2D eigenvalue weighted by atomic mass is 9.96. The number of hydrogen-bond acceptors (Lipinski definition) is 2. The second kappa shape index (κ2) is 5.93. The fourth-order valence-electron chi connectivity index (χ4n) is 2.36. The highest BCUT2D eigenvalue weighted by atomic mass is 35.5. The number of urea groups is 1. The van der Waals surface area contributed by atoms with Crippen LogP contribution in [0.1, 0.15) is 38.3 Å². The Bertz CT molecular complexity index is 560. The molecule has 2 unspecified atom stereocenters. The second-order valence-corrected chi connectivity index (χ2v) is 6.03. The minimum absolute atomic E-state index is 0.00336. The van der Waals surface area contributed by atoms with Crippen molar-refractivity contribution in [2.75, 3.05) is 0 Å². The molecule has 1 aromatic carbocycles. The van der Waals surface area contributed by atoms with Crippen molar-refractivity contribution in [2.45, 2.75) is 38.3 Å². The number of amides is 2. The number of halogens is 1. The van der Waals surface area contributed by atoms with Crippen LogP contribution < -0.4 is 10.6 Å². The molecule has 1 saturated carbocycles. The minimum Gasteiger partial charge on any atom is -0.480 e. The van der Waals surface area contributed by atoms with Gasteiger partial charge in [-0.05, 0) is 44.2 Å². The number of nitrogens with one attached hydrogen (secondary N) is 2. The predicted octanol–water partition coefficient (Wildman–Crippen LogP) is 2.95. The van der Waals surface area contributed by atoms with Crippen molar-refractivity contribution in [2.24, 2.45) is 5.92 Å². The highest BCUT2D eigenvalue weighted by molar-refractivity contribution is 6.31. The van der Waals surface area contributed by atoms with E-state index in [1.807, 2.05) is 18.2 Å². The zero-order chi connectivity index (χ0) is 15.6. The first kappa shape index (κ1) is 15.6. The predicted molar refractivity (Wildman–Crippen MR) is 80.3 cm³/mol. The molecule has 21 heavy (non-hydrogen) atoms. The van der Waals surface area contributed by atoms with Gasteiger partial charge >= 0.3 is 12.0 Å². The van der Waals surface area contributed by atoms with E-state index in [1.54, 1.807) is 19.9 Å². The summed E-state index contributed by atoms with van der Waals surface area (Å²) in [4.78, 5) is 23.4. The van der Waals surface area contributed by atoms with Crippen molar-refractivity contribution < 1.29 is 14.7 Å². The fourth-order valence-corrected chi connectivity index (χ4v) is 2.66. The van der Waals surface area contributed by atoms with E-state index in [2.05, 4.69) is 10.6 Å². The molecule has 3 N–H and O–H groups in total. The Labute approximate surface area is 128 Å². The summed E-state index contributed by atoms with van der Waals surface area (Å²) in [5.74, 6) is -1.01. The SMILES string of the molecule is CC(NC(=O)NC(C)(C(=O)O)C1CC1)c1ccccc1Cl. The number of carboxylic acid groups (broad SMARTS) is 1. The topological polar surface area (TPSA) is 78.4 Å². The zero-order valence-corrected chi connectivity index (χ0v) is 12.8. The molecule has 0 spiro atoms. The molecule has 5 nitrogen and oxygen atoms in total. The summed E-state index contributed by atoms with van der Waals surface area (Å²) < 4.78 is 0. The second-order valence-electron chi connectivity index (χ2n) is 5.62. The summed E-state index contributed by atoms with van der Waals surface area (Å²) in [6.07, 6.45) is 1.65. The normalized spacial score (nSPS) is 18.4. The molecule has 1 aliphatic carbocycles. The van der Waals surface area contributed by atoms with Crippen LogP contribution >= 0.6 is 11.6 Å². The van der Waals surface area contributed by atoms with Gasteiger partial charge in [0, 0.05) is 5.02 Å². The van der Waals surface area contributed by atoms with Gasteiger partial charge in [0.2, 0.25) is 0 Å². The molecule has 2 amide bonds. The Morgan fingerprint density at radius 2 is 2.00 bits per heavy atom. The van der Waals surface area contributed by atoms with E-state index < -0.39 is 17.5 Å². The molecule has 1 aromatic rings. The van der Waals surface area contributed by atoms with Gasteiger partial charge in [-0.2, -0.15) is 0 Å². The number of benzene rings is 1. The molecule has 2 rings (SSSR count). The van der Waals surface area contributed by atoms with Crippen LogP contribution in [0, 0.1) is 5.92 Å². The summed E-state index contributed by atoms with van der Waals surface area (Å²) in [6.45, 7) is 3.35. The van der Waals surface area contributed by atoms with E-state index >= 15 is 0 Å². The molecular weight excluding hydrogens is 292 g/mol. The van der Waals surface area contributed by atoms with E-state index in [0.29, 0.717) is 5.02 Å². The third-order valence-corrected chi connectivity index (χ3v) is 4.27. The summed E-state index contributed by atoms with van der Waals surface area (Å²) >= 11 is 6.08. The highest BCUT2D eigenvalue weighted by Crippen LogP contribution is 2.39. The van der Waals surface area contributed by atoms with Gasteiger partial charge in [-0.25, -0.2) is 9.59 Å². The van der Waals surface area contributed by atoms with E-state index in [4.69, 9.17) is 11.6 Å². The Morgan fingerprint density at radius 1 is 1.38 bits per heavy atom. The van der Waals surface area contributed by atoms with Crippen LogP contribution in [0.2, 0.25) is 5.02 Å². The van der Waals surface area contributed by atoms with E-state index in [0.717, 1.165) is 18.4 Å². The maximum absolute atomic E-state index is 12.1. The lowest BCUT2D eigenvalue weighted by Gasteiger charge is -2.27. The molecule has 0 bridgehead atoms. The largest absolute Gasteiger partial charge is 0.480 e. The van der Waals surface area contributed by atoms with Gasteiger partial charge in [0.25, 0.3) is 0 Å². The minimum atomic E-state index is -1.22. The number of aliphatic carboxylic acids is 1. The average molecular weight is 311 g/mol. The van der Waals surface area contributed by atoms with Gasteiger partial charge in [0.05, 0.1) is 6.04 Å². The summed E-state index contributed by atoms with van der Waals surface area (Å²) in [6, 6.07) is 6.41. The van der Waals surface area contributed by atoms with Gasteiger partial charge in [-0.15, -0.1) is 0 Å². The van der Waals surface area contributed by atoms with Gasteiger partial charge < -0.3 is 15.7 Å². The van der Waals surface area contributed by atoms with Crippen LogP contribution in [0.4, 0.5) is 4.79 Å². The fraction of sp³-hybridized carbons (Fsp3) is 0.467. The van der Waals surface area contributed by atoms with Gasteiger partial charge in [-0.1, -0.05) is 29.8 Å². The maximum Gasteiger partial charge on any atom is 0.329 e. The quantitative estimate of drug-likeness (QED) is 0.782. The number of carboxylic acids is 1. The molecule has 6 heteroatoms. The summed E-state index contributed by atoms with van der Waals surface area (Å²) in [5.41, 5.74) is -0.428. The molecule has 0 radical (unpaired) electrons. The zero-order valence-electron chi connectivity index (χ0n) is 12.0. The lowest BCUT2D eigenvalue weighted by molar-refractivity contribution is -0.144. The molecule has 114 valence electrons. The standard InChI is InChI=1S/C15H19ClN2O3/c1-9(11-5-3-4-6-12(11)16)17-14(21)18-15(2,13(19)20)10-7-8-10/h3-6,9-10H,7-8H2,1-2H3,(H,19,20)(H2,17,18,21). The van der Waals surface area contributed by atoms with Crippen molar-refractivity contribution in [1.82, 2.24) is 10.6 Å². The third kappa shape index (κ3) is 3.47. The molecular formula is C15H19ClN2O3. The Morgan fingerprint density at radius 3 is 2.52 bits per heavy atom. The van der Waals surface area contributed by atoms with Crippen molar-refractivity contribution in [1.29, 1.82) is 0 Å². The van der Waals surface area contributed by atoms with Crippen LogP contribution in [-0.4, -0.2) is 22.6 Å². The molecule has 2 atom stereocenters. The highest BCUT2D eigenvalue weighted by Gasteiger charge is 2.48. The summed E-state index contributed by atoms with van der Waals surface area (Å²) in [5, 5.41) is 15.2. The van der Waals surface area contributed by atoms with E-state index in [9.17, 15) is 14.7 Å². The van der Waals surface area contributed by atoms with Crippen molar-refractivity contribution in [3.63, 3.8) is 0 Å². The Hall–Kier alpha value is -1.75. The lowest BCUT2D eigenvalue weighted by Crippen LogP contribution is -2.57. The van der Waals surface area contributed by atoms with Gasteiger partial charge in [-0.3, -0.25) is 0 Å². The van der Waals surface area contributed by atoms with Crippen molar-refractivity contribution in [3.8, 4) is 0 Å². The maximum atomic E-state index is 12.1. The first-order valence-electron chi connectivity index (χ1n) is 6.91. The molecule has 0 aromatic heterocycles. The average Bonchev–Trinajstić information content (AvgIpc) is 3.22. The van der Waals surface area contributed by atoms with Crippen molar-refractivity contribution >= 4 is 23.6 Å². The number of carbonyl (C=O) groups is 2. The number of rotatable bonds is 5. The Kier molecular flexibility index (Phi) is 4.42. The van der Waals surface area contributed by atoms with Crippen LogP contribution in [-0.2, 0) is 4.79 Å². The first-order chi connectivity index (χ1) is 9.84. The molecule has 1 fully saturated rings. The van der Waals surface area contributed by atoms with Crippen LogP contribution in [0.25, 0.3) is 0 Å². The third-order valence-electron chi connectivity index (χ3n) is 3.93. The molecule has 0 saturated heterocycles. The number of hydrogen-bond donors (Lipinski definition) is 3. The Balaban J connectivity index is 2.01. The van der Waals surface area contributed by atoms with Crippen LogP contribution in [0.15, 0.2) is 24.3 Å². The van der Waals surface area contributed by atoms with Crippen molar-refractivity contribution in [3.05, 3.63) is 34.9 Å². The monoisotopic (exact) mass is 310 g/mol.